The standard InChI is InChI=1S/C47H45N2/c1-5-48-40-30-28-36-22-13-15-24-38(36)44(40)46(3,32-34-18-9-7-10-19-34)42(48)26-17-27-43-47(4,33-35-20-11-8-12-21-35)45-39-25-16-14-23-37(39)29-31-41(45)49(43)6-2/h7-31H,5-6,32-33H2,1-4H3/q+1. The van der Waals surface area contributed by atoms with E-state index >= 15 is 0 Å². The van der Waals surface area contributed by atoms with E-state index in [9.17, 15) is 0 Å². The van der Waals surface area contributed by atoms with Crippen molar-refractivity contribution < 1.29 is 4.58 Å². The van der Waals surface area contributed by atoms with Gasteiger partial charge >= 0.3 is 0 Å². The molecule has 0 bridgehead atoms. The maximum absolute atomic E-state index is 2.55. The molecule has 2 aliphatic heterocycles. The first-order valence-corrected chi connectivity index (χ1v) is 17.9. The molecule has 2 heteroatoms. The fourth-order valence-corrected chi connectivity index (χ4v) is 9.07. The molecule has 0 aliphatic carbocycles. The van der Waals surface area contributed by atoms with Gasteiger partial charge in [0.05, 0.1) is 5.41 Å². The molecule has 2 atom stereocenters. The minimum absolute atomic E-state index is 0.199. The van der Waals surface area contributed by atoms with Gasteiger partial charge in [-0.25, -0.2) is 0 Å². The number of rotatable bonds is 8. The molecule has 6 aromatic carbocycles. The Labute approximate surface area is 291 Å². The number of anilines is 1. The second-order valence-electron chi connectivity index (χ2n) is 14.1. The molecule has 0 saturated heterocycles. The van der Waals surface area contributed by atoms with E-state index in [1.165, 1.54) is 66.6 Å². The minimum atomic E-state index is -0.199. The van der Waals surface area contributed by atoms with E-state index in [0.717, 1.165) is 25.9 Å². The first-order chi connectivity index (χ1) is 24.0. The highest BCUT2D eigenvalue weighted by Crippen LogP contribution is 2.52. The Bertz CT molecular complexity index is 2280. The molecule has 2 nitrogen and oxygen atoms in total. The SMILES string of the molecule is CCN1C(=CC=CC2=[N+](CC)c3ccc4ccccc4c3C2(C)Cc2ccccc2)C(C)(Cc2ccccc2)c2c1ccc1ccccc21. The Balaban J connectivity index is 1.29. The molecule has 0 aromatic heterocycles. The zero-order valence-corrected chi connectivity index (χ0v) is 29.2. The van der Waals surface area contributed by atoms with Crippen LogP contribution >= 0.6 is 0 Å². The second kappa shape index (κ2) is 12.3. The predicted octanol–water partition coefficient (Wildman–Crippen LogP) is 11.1. The van der Waals surface area contributed by atoms with Crippen LogP contribution in [0.4, 0.5) is 11.4 Å². The molecular weight excluding hydrogens is 593 g/mol. The summed E-state index contributed by atoms with van der Waals surface area (Å²) >= 11 is 0. The molecule has 0 radical (unpaired) electrons. The maximum atomic E-state index is 2.55. The summed E-state index contributed by atoms with van der Waals surface area (Å²) in [7, 11) is 0. The van der Waals surface area contributed by atoms with E-state index in [-0.39, 0.29) is 10.8 Å². The van der Waals surface area contributed by atoms with E-state index in [1.807, 2.05) is 0 Å². The molecule has 0 spiro atoms. The van der Waals surface area contributed by atoms with Gasteiger partial charge in [0, 0.05) is 41.1 Å². The molecule has 8 rings (SSSR count). The number of fused-ring (bicyclic) bond motifs is 6. The summed E-state index contributed by atoms with van der Waals surface area (Å²) in [6.07, 6.45) is 9.07. The van der Waals surface area contributed by atoms with Crippen LogP contribution in [0.1, 0.15) is 49.9 Å². The van der Waals surface area contributed by atoms with Crippen molar-refractivity contribution in [2.24, 2.45) is 0 Å². The van der Waals surface area contributed by atoms with Crippen molar-refractivity contribution in [1.29, 1.82) is 0 Å². The van der Waals surface area contributed by atoms with Crippen LogP contribution in [0, 0.1) is 0 Å². The summed E-state index contributed by atoms with van der Waals surface area (Å²) in [5.41, 5.74) is 10.6. The second-order valence-corrected chi connectivity index (χ2v) is 14.1. The molecule has 6 aromatic rings. The van der Waals surface area contributed by atoms with Crippen LogP contribution in [-0.2, 0) is 23.7 Å². The van der Waals surface area contributed by atoms with Crippen molar-refractivity contribution >= 4 is 38.6 Å². The largest absolute Gasteiger partial charge is 0.344 e. The molecule has 49 heavy (non-hydrogen) atoms. The Kier molecular flexibility index (Phi) is 7.83. The lowest BCUT2D eigenvalue weighted by molar-refractivity contribution is -0.433. The summed E-state index contributed by atoms with van der Waals surface area (Å²) in [6, 6.07) is 49.1. The van der Waals surface area contributed by atoms with Crippen molar-refractivity contribution in [2.75, 3.05) is 18.0 Å². The van der Waals surface area contributed by atoms with Crippen LogP contribution in [0.3, 0.4) is 0 Å². The van der Waals surface area contributed by atoms with Crippen molar-refractivity contribution in [1.82, 2.24) is 0 Å². The van der Waals surface area contributed by atoms with E-state index in [1.54, 1.807) is 0 Å². The zero-order valence-electron chi connectivity index (χ0n) is 29.2. The van der Waals surface area contributed by atoms with Gasteiger partial charge in [-0.3, -0.25) is 0 Å². The van der Waals surface area contributed by atoms with Crippen molar-refractivity contribution in [3.8, 4) is 0 Å². The lowest BCUT2D eigenvalue weighted by atomic mass is 9.73. The van der Waals surface area contributed by atoms with Gasteiger partial charge in [0.1, 0.15) is 6.54 Å². The van der Waals surface area contributed by atoms with Gasteiger partial charge in [0.15, 0.2) is 5.71 Å². The number of hydrogen-bond acceptors (Lipinski definition) is 1. The smallest absolute Gasteiger partial charge is 0.210 e. The van der Waals surface area contributed by atoms with Gasteiger partial charge in [-0.2, -0.15) is 4.58 Å². The number of allylic oxidation sites excluding steroid dienone is 4. The van der Waals surface area contributed by atoms with E-state index in [4.69, 9.17) is 0 Å². The third-order valence-corrected chi connectivity index (χ3v) is 11.2. The molecule has 2 aliphatic rings. The third-order valence-electron chi connectivity index (χ3n) is 11.2. The van der Waals surface area contributed by atoms with E-state index in [2.05, 4.69) is 189 Å². The average Bonchev–Trinajstić information content (AvgIpc) is 3.52. The Morgan fingerprint density at radius 2 is 1.14 bits per heavy atom. The van der Waals surface area contributed by atoms with E-state index < -0.39 is 0 Å². The predicted molar refractivity (Wildman–Crippen MR) is 209 cm³/mol. The van der Waals surface area contributed by atoms with Gasteiger partial charge < -0.3 is 4.90 Å². The van der Waals surface area contributed by atoms with Gasteiger partial charge in [0.2, 0.25) is 5.69 Å². The molecular formula is C47H45N2+. The maximum Gasteiger partial charge on any atom is 0.210 e. The fourth-order valence-electron chi connectivity index (χ4n) is 9.07. The normalized spacial score (nSPS) is 21.0. The summed E-state index contributed by atoms with van der Waals surface area (Å²) in [5.74, 6) is 0. The van der Waals surface area contributed by atoms with Crippen LogP contribution < -0.4 is 4.90 Å². The Morgan fingerprint density at radius 3 is 1.76 bits per heavy atom. The molecule has 0 N–H and O–H groups in total. The van der Waals surface area contributed by atoms with Gasteiger partial charge in [-0.1, -0.05) is 121 Å². The number of benzene rings is 6. The van der Waals surface area contributed by atoms with E-state index in [0.29, 0.717) is 0 Å². The first kappa shape index (κ1) is 31.1. The zero-order chi connectivity index (χ0) is 33.6. The molecule has 0 fully saturated rings. The topological polar surface area (TPSA) is 6.25 Å². The van der Waals surface area contributed by atoms with Crippen molar-refractivity contribution in [3.63, 3.8) is 0 Å². The van der Waals surface area contributed by atoms with Crippen LogP contribution in [0.15, 0.2) is 157 Å². The van der Waals surface area contributed by atoms with Crippen LogP contribution in [-0.4, -0.2) is 23.4 Å². The van der Waals surface area contributed by atoms with Crippen LogP contribution in [0.25, 0.3) is 21.5 Å². The molecule has 242 valence electrons. The van der Waals surface area contributed by atoms with Gasteiger partial charge in [-0.05, 0) is 97.0 Å². The number of likely N-dealkylation sites (N-methyl/N-ethyl adjacent to an activating group) is 1. The molecule has 0 saturated carbocycles. The molecule has 2 heterocycles. The average molecular weight is 638 g/mol. The lowest BCUT2D eigenvalue weighted by Gasteiger charge is -2.30. The van der Waals surface area contributed by atoms with Gasteiger partial charge in [-0.15, -0.1) is 0 Å². The monoisotopic (exact) mass is 637 g/mol. The van der Waals surface area contributed by atoms with Crippen LogP contribution in [0.5, 0.6) is 0 Å². The summed E-state index contributed by atoms with van der Waals surface area (Å²) in [5, 5.41) is 5.30. The quantitative estimate of drug-likeness (QED) is 0.151. The highest BCUT2D eigenvalue weighted by atomic mass is 15.2. The molecule has 0 amide bonds. The molecule has 2 unspecified atom stereocenters. The van der Waals surface area contributed by atoms with Crippen molar-refractivity contribution in [2.45, 2.75) is 51.4 Å². The highest BCUT2D eigenvalue weighted by molar-refractivity contribution is 6.08. The van der Waals surface area contributed by atoms with Crippen LogP contribution in [0.2, 0.25) is 0 Å². The Hall–Kier alpha value is -5.21. The highest BCUT2D eigenvalue weighted by Gasteiger charge is 2.49. The summed E-state index contributed by atoms with van der Waals surface area (Å²) in [4.78, 5) is 2.55. The number of hydrogen-bond donors (Lipinski definition) is 0. The lowest BCUT2D eigenvalue weighted by Crippen LogP contribution is -2.34. The third kappa shape index (κ3) is 5.05. The Morgan fingerprint density at radius 1 is 0.592 bits per heavy atom. The first-order valence-electron chi connectivity index (χ1n) is 17.9. The van der Waals surface area contributed by atoms with Crippen molar-refractivity contribution in [3.05, 3.63) is 180 Å². The summed E-state index contributed by atoms with van der Waals surface area (Å²) < 4.78 is 2.55. The minimum Gasteiger partial charge on any atom is -0.344 e. The fraction of sp³-hybridized carbons (Fsp3) is 0.213. The van der Waals surface area contributed by atoms with Gasteiger partial charge in [0.25, 0.3) is 0 Å². The summed E-state index contributed by atoms with van der Waals surface area (Å²) in [6.45, 7) is 11.3. The number of nitrogens with zero attached hydrogens (tertiary/aromatic N) is 2.